The molecule has 1 spiro atoms. The Hall–Kier alpha value is -3.62. The van der Waals surface area contributed by atoms with Crippen LogP contribution in [-0.4, -0.2) is 8.07 Å². The molecule has 2 aliphatic carbocycles. The van der Waals surface area contributed by atoms with Gasteiger partial charge in [0.15, 0.2) is 0 Å². The summed E-state index contributed by atoms with van der Waals surface area (Å²) in [4.78, 5) is 0. The molecule has 0 aromatic heterocycles. The van der Waals surface area contributed by atoms with Crippen LogP contribution in [0.15, 0.2) is 146 Å². The van der Waals surface area contributed by atoms with Gasteiger partial charge in [0.05, 0.1) is 0 Å². The fraction of sp³-hybridized carbons (Fsp3) is 0.209. The fourth-order valence-electron chi connectivity index (χ4n) is 8.46. The molecule has 2 atom stereocenters. The monoisotopic (exact) mass is 654 g/mol. The number of benzene rings is 5. The van der Waals surface area contributed by atoms with E-state index in [4.69, 9.17) is 23.2 Å². The van der Waals surface area contributed by atoms with Gasteiger partial charge in [0, 0.05) is 15.5 Å². The Kier molecular flexibility index (Phi) is 8.22. The predicted molar refractivity (Wildman–Crippen MR) is 201 cm³/mol. The highest BCUT2D eigenvalue weighted by Gasteiger charge is 2.51. The van der Waals surface area contributed by atoms with Crippen LogP contribution >= 0.6 is 23.2 Å². The minimum absolute atomic E-state index is 0.0898. The van der Waals surface area contributed by atoms with Gasteiger partial charge >= 0.3 is 0 Å². The summed E-state index contributed by atoms with van der Waals surface area (Å²) in [5, 5.41) is 4.65. The first-order valence-electron chi connectivity index (χ1n) is 16.3. The third-order valence-electron chi connectivity index (χ3n) is 10.5. The van der Waals surface area contributed by atoms with Crippen LogP contribution in [-0.2, 0) is 5.41 Å². The van der Waals surface area contributed by atoms with E-state index in [-0.39, 0.29) is 10.5 Å². The van der Waals surface area contributed by atoms with Crippen molar-refractivity contribution in [2.24, 2.45) is 5.92 Å². The van der Waals surface area contributed by atoms with E-state index in [0.29, 0.717) is 5.92 Å². The predicted octanol–water partition coefficient (Wildman–Crippen LogP) is 11.2. The minimum Gasteiger partial charge on any atom is -0.0843 e. The first-order valence-corrected chi connectivity index (χ1v) is 19.3. The molecule has 0 saturated heterocycles. The normalized spacial score (nSPS) is 19.5. The number of hydrogen-bond acceptors (Lipinski definition) is 0. The Labute approximate surface area is 285 Å². The minimum atomic E-state index is -2.32. The molecule has 5 aromatic carbocycles. The Balaban J connectivity index is 1.43. The molecular formula is C43H40Cl2Si. The fourth-order valence-corrected chi connectivity index (χ4v) is 14.4. The molecule has 0 nitrogen and oxygen atoms in total. The number of fused-ring (bicyclic) bond motifs is 2. The van der Waals surface area contributed by atoms with E-state index >= 15 is 0 Å². The smallest absolute Gasteiger partial charge is 0.0843 e. The molecule has 0 unspecified atom stereocenters. The van der Waals surface area contributed by atoms with Gasteiger partial charge < -0.3 is 0 Å². The van der Waals surface area contributed by atoms with Crippen molar-refractivity contribution >= 4 is 52.8 Å². The zero-order chi connectivity index (χ0) is 31.9. The van der Waals surface area contributed by atoms with Crippen LogP contribution in [0.25, 0.3) is 11.1 Å². The zero-order valence-corrected chi connectivity index (χ0v) is 29.3. The van der Waals surface area contributed by atoms with Crippen LogP contribution in [0, 0.1) is 5.92 Å². The lowest BCUT2D eigenvalue weighted by Gasteiger charge is -2.48. The summed E-state index contributed by atoms with van der Waals surface area (Å²) >= 11 is 12.7. The van der Waals surface area contributed by atoms with Crippen molar-refractivity contribution in [2.45, 2.75) is 50.1 Å². The van der Waals surface area contributed by atoms with Crippen LogP contribution in [0.5, 0.6) is 0 Å². The maximum absolute atomic E-state index is 6.41. The lowest BCUT2D eigenvalue weighted by atomic mass is 9.67. The lowest BCUT2D eigenvalue weighted by Crippen LogP contribution is -2.65. The Morgan fingerprint density at radius 1 is 0.652 bits per heavy atom. The number of allylic oxidation sites excluding steroid dienone is 3. The summed E-state index contributed by atoms with van der Waals surface area (Å²) in [5.74, 6) is 0.375. The molecule has 7 rings (SSSR count). The van der Waals surface area contributed by atoms with Gasteiger partial charge in [-0.15, -0.1) is 0 Å². The average Bonchev–Trinajstić information content (AvgIpc) is 3.37. The molecule has 0 N–H and O–H groups in total. The van der Waals surface area contributed by atoms with Crippen molar-refractivity contribution in [3.63, 3.8) is 0 Å². The van der Waals surface area contributed by atoms with Crippen LogP contribution in [0.4, 0.5) is 0 Å². The summed E-state index contributed by atoms with van der Waals surface area (Å²) < 4.78 is 0. The van der Waals surface area contributed by atoms with Gasteiger partial charge in [-0.05, 0) is 87.5 Å². The lowest BCUT2D eigenvalue weighted by molar-refractivity contribution is 0.425. The first kappa shape index (κ1) is 31.0. The van der Waals surface area contributed by atoms with Gasteiger partial charge in [-0.1, -0.05) is 176 Å². The van der Waals surface area contributed by atoms with Crippen molar-refractivity contribution in [3.8, 4) is 0 Å². The number of rotatable bonds is 6. The van der Waals surface area contributed by atoms with Crippen molar-refractivity contribution in [2.75, 3.05) is 0 Å². The molecule has 0 amide bonds. The van der Waals surface area contributed by atoms with E-state index in [1.54, 1.807) is 0 Å². The second kappa shape index (κ2) is 12.2. The van der Waals surface area contributed by atoms with E-state index in [9.17, 15) is 0 Å². The van der Waals surface area contributed by atoms with Gasteiger partial charge in [-0.25, -0.2) is 0 Å². The largest absolute Gasteiger partial charge is 0.123 e. The van der Waals surface area contributed by atoms with E-state index in [1.807, 2.05) is 24.3 Å². The molecule has 0 fully saturated rings. The maximum atomic E-state index is 6.41. The van der Waals surface area contributed by atoms with Crippen LogP contribution in [0.1, 0.15) is 55.9 Å². The third kappa shape index (κ3) is 5.53. The van der Waals surface area contributed by atoms with Crippen molar-refractivity contribution in [1.29, 1.82) is 0 Å². The third-order valence-corrected chi connectivity index (χ3v) is 17.3. The summed E-state index contributed by atoms with van der Waals surface area (Å²) in [6.07, 6.45) is 7.26. The van der Waals surface area contributed by atoms with E-state index < -0.39 is 8.07 Å². The molecule has 2 aliphatic rings. The second-order valence-electron chi connectivity index (χ2n) is 14.2. The van der Waals surface area contributed by atoms with Crippen molar-refractivity contribution < 1.29 is 0 Å². The topological polar surface area (TPSA) is 0 Å². The van der Waals surface area contributed by atoms with Gasteiger partial charge in [0.25, 0.3) is 0 Å². The molecule has 0 bridgehead atoms. The summed E-state index contributed by atoms with van der Waals surface area (Å²) in [6.45, 7) is 7.43. The molecule has 230 valence electrons. The highest BCUT2D eigenvalue weighted by molar-refractivity contribution is 7.04. The molecule has 0 aliphatic heterocycles. The highest BCUT2D eigenvalue weighted by atomic mass is 35.5. The summed E-state index contributed by atoms with van der Waals surface area (Å²) in [6, 6.07) is 49.9. The van der Waals surface area contributed by atoms with Gasteiger partial charge in [0.2, 0.25) is 0 Å². The number of halogens is 2. The molecule has 46 heavy (non-hydrogen) atoms. The molecule has 0 heterocycles. The van der Waals surface area contributed by atoms with Gasteiger partial charge in [0.1, 0.15) is 8.07 Å². The molecule has 5 aromatic rings. The van der Waals surface area contributed by atoms with E-state index in [1.165, 1.54) is 43.8 Å². The molecular weight excluding hydrogens is 615 g/mol. The standard InChI is InChI=1S/C43H40Cl2Si/c1-42(2,3)46(37-12-6-4-7-13-37,38-14-8-5-9-15-38)30-31-26-34(32-18-22-35(44)23-19-32)28-43(27-31)29-40(33-20-24-36(45)25-21-33)39-16-10-11-17-41(39)43/h4-26,29,31H,27-28,30H2,1-3H3/t31-,43+/m0/s1. The Morgan fingerprint density at radius 2 is 1.17 bits per heavy atom. The van der Waals surface area contributed by atoms with Gasteiger partial charge in [-0.3, -0.25) is 0 Å². The summed E-state index contributed by atoms with van der Waals surface area (Å²) in [5.41, 5.74) is 7.87. The molecule has 0 saturated carbocycles. The van der Waals surface area contributed by atoms with Crippen molar-refractivity contribution in [3.05, 3.63) is 178 Å². The molecule has 0 radical (unpaired) electrons. The highest BCUT2D eigenvalue weighted by Crippen LogP contribution is 2.55. The van der Waals surface area contributed by atoms with Crippen LogP contribution < -0.4 is 10.4 Å². The zero-order valence-electron chi connectivity index (χ0n) is 26.8. The van der Waals surface area contributed by atoms with Crippen LogP contribution in [0.3, 0.4) is 0 Å². The van der Waals surface area contributed by atoms with Gasteiger partial charge in [-0.2, -0.15) is 0 Å². The SMILES string of the molecule is CC(C)(C)[Si](C[C@H]1C=C(c2ccc(Cl)cc2)C[C@@]2(C=C(c3ccc(Cl)cc3)c3ccccc32)C1)(c1ccccc1)c1ccccc1. The van der Waals surface area contributed by atoms with Crippen molar-refractivity contribution in [1.82, 2.24) is 0 Å². The second-order valence-corrected chi connectivity index (χ2v) is 19.9. The van der Waals surface area contributed by atoms with E-state index in [0.717, 1.165) is 28.9 Å². The van der Waals surface area contributed by atoms with E-state index in [2.05, 4.69) is 142 Å². The summed E-state index contributed by atoms with van der Waals surface area (Å²) in [7, 11) is -2.32. The maximum Gasteiger partial charge on any atom is 0.123 e. The Morgan fingerprint density at radius 3 is 1.74 bits per heavy atom. The Bertz CT molecular complexity index is 1860. The number of hydrogen-bond donors (Lipinski definition) is 0. The first-order chi connectivity index (χ1) is 22.2. The quantitative estimate of drug-likeness (QED) is 0.160. The van der Waals surface area contributed by atoms with Crippen LogP contribution in [0.2, 0.25) is 21.1 Å². The average molecular weight is 656 g/mol. The molecule has 3 heteroatoms.